The third-order valence-electron chi connectivity index (χ3n) is 3.82. The van der Waals surface area contributed by atoms with E-state index in [2.05, 4.69) is 4.98 Å². The lowest BCUT2D eigenvalue weighted by Gasteiger charge is -2.17. The van der Waals surface area contributed by atoms with Crippen LogP contribution in [0.15, 0.2) is 24.5 Å². The molecule has 1 aromatic heterocycles. The van der Waals surface area contributed by atoms with E-state index in [1.807, 2.05) is 4.57 Å². The fourth-order valence-electron chi connectivity index (χ4n) is 2.75. The van der Waals surface area contributed by atoms with Gasteiger partial charge in [0.05, 0.1) is 24.7 Å². The minimum absolute atomic E-state index is 0.0109. The number of benzene rings is 1. The molecule has 1 aliphatic rings. The highest BCUT2D eigenvalue weighted by molar-refractivity contribution is 5.22. The lowest BCUT2D eigenvalue weighted by atomic mass is 10.0. The van der Waals surface area contributed by atoms with Gasteiger partial charge in [-0.05, 0) is 31.7 Å². The number of aryl methyl sites for hydroxylation is 1. The second-order valence-corrected chi connectivity index (χ2v) is 5.16. The second kappa shape index (κ2) is 5.32. The summed E-state index contributed by atoms with van der Waals surface area (Å²) in [5.41, 5.74) is 2.15. The van der Waals surface area contributed by atoms with Gasteiger partial charge in [0.1, 0.15) is 0 Å². The highest BCUT2D eigenvalue weighted by atomic mass is 19.2. The van der Waals surface area contributed by atoms with Gasteiger partial charge in [-0.3, -0.25) is 0 Å². The van der Waals surface area contributed by atoms with Gasteiger partial charge >= 0.3 is 0 Å². The van der Waals surface area contributed by atoms with Crippen LogP contribution >= 0.6 is 0 Å². The van der Waals surface area contributed by atoms with E-state index in [0.717, 1.165) is 43.1 Å². The molecular formula is C15H16F2N2O. The molecule has 1 heterocycles. The minimum Gasteiger partial charge on any atom is -0.386 e. The highest BCUT2D eigenvalue weighted by Gasteiger charge is 2.20. The monoisotopic (exact) mass is 278 g/mol. The van der Waals surface area contributed by atoms with Gasteiger partial charge in [0, 0.05) is 11.3 Å². The van der Waals surface area contributed by atoms with E-state index in [4.69, 9.17) is 0 Å². The topological polar surface area (TPSA) is 38.0 Å². The lowest BCUT2D eigenvalue weighted by molar-refractivity contribution is 0.149. The van der Waals surface area contributed by atoms with Gasteiger partial charge in [-0.1, -0.05) is 12.1 Å². The molecule has 3 nitrogen and oxygen atoms in total. The number of aliphatic hydroxyl groups is 1. The number of aliphatic hydroxyl groups excluding tert-OH is 1. The summed E-state index contributed by atoms with van der Waals surface area (Å²) in [6.07, 6.45) is 4.70. The molecule has 0 saturated carbocycles. The Kier molecular flexibility index (Phi) is 3.53. The molecule has 0 fully saturated rings. The first kappa shape index (κ1) is 13.2. The molecule has 2 aromatic rings. The first-order valence-electron chi connectivity index (χ1n) is 6.81. The Hall–Kier alpha value is -1.75. The molecule has 0 bridgehead atoms. The zero-order valence-electron chi connectivity index (χ0n) is 11.0. The number of rotatable bonds is 3. The summed E-state index contributed by atoms with van der Waals surface area (Å²) in [5.74, 6) is -1.91. The van der Waals surface area contributed by atoms with E-state index >= 15 is 0 Å². The van der Waals surface area contributed by atoms with Crippen molar-refractivity contribution in [3.8, 4) is 0 Å². The predicted molar refractivity (Wildman–Crippen MR) is 70.2 cm³/mol. The molecule has 1 unspecified atom stereocenters. The van der Waals surface area contributed by atoms with Crippen molar-refractivity contribution in [1.29, 1.82) is 0 Å². The van der Waals surface area contributed by atoms with Crippen molar-refractivity contribution in [2.75, 3.05) is 0 Å². The zero-order chi connectivity index (χ0) is 14.1. The van der Waals surface area contributed by atoms with Gasteiger partial charge < -0.3 is 9.67 Å². The summed E-state index contributed by atoms with van der Waals surface area (Å²) < 4.78 is 28.7. The van der Waals surface area contributed by atoms with Gasteiger partial charge in [-0.2, -0.15) is 0 Å². The van der Waals surface area contributed by atoms with E-state index in [1.54, 1.807) is 6.33 Å². The average Bonchev–Trinajstić information content (AvgIpc) is 2.85. The molecule has 3 rings (SSSR count). The summed E-state index contributed by atoms with van der Waals surface area (Å²) in [7, 11) is 0. The SMILES string of the molecule is OC(Cn1cnc2c1CCCC2)c1cccc(F)c1F. The van der Waals surface area contributed by atoms with Crippen LogP contribution in [0.2, 0.25) is 0 Å². The van der Waals surface area contributed by atoms with Crippen LogP contribution in [0.5, 0.6) is 0 Å². The number of halogens is 2. The van der Waals surface area contributed by atoms with Crippen LogP contribution in [-0.4, -0.2) is 14.7 Å². The molecule has 0 radical (unpaired) electrons. The third kappa shape index (κ3) is 2.33. The van der Waals surface area contributed by atoms with Crippen LogP contribution in [0, 0.1) is 11.6 Å². The molecule has 0 amide bonds. The van der Waals surface area contributed by atoms with E-state index in [0.29, 0.717) is 0 Å². The van der Waals surface area contributed by atoms with Crippen molar-refractivity contribution in [2.45, 2.75) is 38.3 Å². The molecule has 1 atom stereocenters. The Morgan fingerprint density at radius 3 is 2.90 bits per heavy atom. The quantitative estimate of drug-likeness (QED) is 0.937. The van der Waals surface area contributed by atoms with Crippen LogP contribution in [0.1, 0.15) is 35.9 Å². The molecule has 0 saturated heterocycles. The summed E-state index contributed by atoms with van der Waals surface area (Å²) >= 11 is 0. The first-order valence-corrected chi connectivity index (χ1v) is 6.81. The summed E-state index contributed by atoms with van der Waals surface area (Å²) in [5, 5.41) is 10.1. The molecule has 106 valence electrons. The van der Waals surface area contributed by atoms with Crippen LogP contribution in [0.3, 0.4) is 0 Å². The maximum Gasteiger partial charge on any atom is 0.164 e. The van der Waals surface area contributed by atoms with E-state index in [-0.39, 0.29) is 12.1 Å². The number of imidazole rings is 1. The van der Waals surface area contributed by atoms with Gasteiger partial charge in [0.2, 0.25) is 0 Å². The summed E-state index contributed by atoms with van der Waals surface area (Å²) in [6, 6.07) is 3.86. The standard InChI is InChI=1S/C15H16F2N2O/c16-11-5-3-4-10(15(11)17)14(20)8-19-9-18-12-6-1-2-7-13(12)19/h3-5,9,14,20H,1-2,6-8H2. The number of fused-ring (bicyclic) bond motifs is 1. The van der Waals surface area contributed by atoms with Crippen molar-refractivity contribution < 1.29 is 13.9 Å². The van der Waals surface area contributed by atoms with Crippen molar-refractivity contribution >= 4 is 0 Å². The Bertz CT molecular complexity index is 624. The highest BCUT2D eigenvalue weighted by Crippen LogP contribution is 2.24. The average molecular weight is 278 g/mol. The summed E-state index contributed by atoms with van der Waals surface area (Å²) in [4.78, 5) is 4.33. The molecule has 20 heavy (non-hydrogen) atoms. The minimum atomic E-state index is -1.08. The van der Waals surface area contributed by atoms with Crippen LogP contribution in [0.25, 0.3) is 0 Å². The van der Waals surface area contributed by atoms with Crippen LogP contribution in [-0.2, 0) is 19.4 Å². The smallest absolute Gasteiger partial charge is 0.164 e. The van der Waals surface area contributed by atoms with E-state index in [1.165, 1.54) is 12.1 Å². The van der Waals surface area contributed by atoms with Crippen LogP contribution in [0.4, 0.5) is 8.78 Å². The zero-order valence-corrected chi connectivity index (χ0v) is 11.0. The van der Waals surface area contributed by atoms with Gasteiger partial charge in [0.25, 0.3) is 0 Å². The van der Waals surface area contributed by atoms with Crippen molar-refractivity contribution in [3.63, 3.8) is 0 Å². The largest absolute Gasteiger partial charge is 0.386 e. The number of nitrogens with zero attached hydrogens (tertiary/aromatic N) is 2. The van der Waals surface area contributed by atoms with Crippen LogP contribution < -0.4 is 0 Å². The van der Waals surface area contributed by atoms with Crippen molar-refractivity contribution in [1.82, 2.24) is 9.55 Å². The number of hydrogen-bond donors (Lipinski definition) is 1. The fraction of sp³-hybridized carbons (Fsp3) is 0.400. The van der Waals surface area contributed by atoms with Gasteiger partial charge in [0.15, 0.2) is 11.6 Å². The third-order valence-corrected chi connectivity index (χ3v) is 3.82. The summed E-state index contributed by atoms with van der Waals surface area (Å²) in [6.45, 7) is 0.197. The van der Waals surface area contributed by atoms with E-state index < -0.39 is 17.7 Å². The molecule has 0 aliphatic heterocycles. The molecule has 1 N–H and O–H groups in total. The Morgan fingerprint density at radius 2 is 2.05 bits per heavy atom. The molecule has 0 spiro atoms. The predicted octanol–water partition coefficient (Wildman–Crippen LogP) is 2.77. The second-order valence-electron chi connectivity index (χ2n) is 5.16. The normalized spacial score (nSPS) is 15.9. The molecule has 1 aliphatic carbocycles. The maximum atomic E-state index is 13.7. The lowest BCUT2D eigenvalue weighted by Crippen LogP contribution is -2.14. The number of hydrogen-bond acceptors (Lipinski definition) is 2. The van der Waals surface area contributed by atoms with Gasteiger partial charge in [-0.25, -0.2) is 13.8 Å². The molecule has 1 aromatic carbocycles. The number of aromatic nitrogens is 2. The first-order chi connectivity index (χ1) is 9.66. The van der Waals surface area contributed by atoms with Crippen molar-refractivity contribution in [2.24, 2.45) is 0 Å². The van der Waals surface area contributed by atoms with Gasteiger partial charge in [-0.15, -0.1) is 0 Å². The molecule has 5 heteroatoms. The Balaban J connectivity index is 1.84. The fourth-order valence-corrected chi connectivity index (χ4v) is 2.75. The Morgan fingerprint density at radius 1 is 1.25 bits per heavy atom. The maximum absolute atomic E-state index is 13.7. The Labute approximate surface area is 115 Å². The van der Waals surface area contributed by atoms with E-state index in [9.17, 15) is 13.9 Å². The van der Waals surface area contributed by atoms with Crippen molar-refractivity contribution in [3.05, 3.63) is 53.1 Å². The molecular weight excluding hydrogens is 262 g/mol.